The van der Waals surface area contributed by atoms with E-state index in [1.807, 2.05) is 13.8 Å². The van der Waals surface area contributed by atoms with Gasteiger partial charge in [0.15, 0.2) is 10.9 Å². The molecule has 1 amide bonds. The molecule has 2 aromatic carbocycles. The zero-order chi connectivity index (χ0) is 24.8. The van der Waals surface area contributed by atoms with Crippen molar-refractivity contribution in [3.05, 3.63) is 69.0 Å². The van der Waals surface area contributed by atoms with Crippen LogP contribution in [0.1, 0.15) is 54.8 Å². The summed E-state index contributed by atoms with van der Waals surface area (Å²) < 4.78 is 1.64. The summed E-state index contributed by atoms with van der Waals surface area (Å²) in [5.74, 6) is 0.595. The van der Waals surface area contributed by atoms with Gasteiger partial charge >= 0.3 is 0 Å². The Hall–Kier alpha value is -2.64. The first kappa shape index (κ1) is 26.0. The molecule has 0 fully saturated rings. The second kappa shape index (κ2) is 11.7. The quantitative estimate of drug-likeness (QED) is 0.227. The summed E-state index contributed by atoms with van der Waals surface area (Å²) in [7, 11) is 0. The molecule has 0 atom stereocenters. The molecule has 0 aliphatic carbocycles. The molecule has 8 heteroatoms. The van der Waals surface area contributed by atoms with Crippen molar-refractivity contribution in [3.8, 4) is 0 Å². The van der Waals surface area contributed by atoms with E-state index in [0.29, 0.717) is 57.1 Å². The minimum absolute atomic E-state index is 0.0757. The van der Waals surface area contributed by atoms with Gasteiger partial charge in [-0.3, -0.25) is 19.0 Å². The van der Waals surface area contributed by atoms with Gasteiger partial charge < -0.3 is 5.32 Å². The number of thioether (sulfide) groups is 1. The number of fused-ring (bicyclic) bond motifs is 1. The van der Waals surface area contributed by atoms with Crippen LogP contribution in [0.5, 0.6) is 0 Å². The molecule has 1 aromatic heterocycles. The summed E-state index contributed by atoms with van der Waals surface area (Å²) in [6.07, 6.45) is 0.807. The molecule has 0 saturated carbocycles. The second-order valence-corrected chi connectivity index (χ2v) is 10.5. The Morgan fingerprint density at radius 2 is 1.71 bits per heavy atom. The molecule has 0 aliphatic rings. The highest BCUT2D eigenvalue weighted by Gasteiger charge is 2.16. The third kappa shape index (κ3) is 6.70. The fourth-order valence-corrected chi connectivity index (χ4v) is 4.33. The van der Waals surface area contributed by atoms with Gasteiger partial charge in [0.25, 0.3) is 11.5 Å². The molecule has 0 aliphatic heterocycles. The number of nitrogens with zero attached hydrogens (tertiary/aromatic N) is 2. The van der Waals surface area contributed by atoms with Crippen molar-refractivity contribution >= 4 is 46.0 Å². The second-order valence-electron chi connectivity index (χ2n) is 9.09. The van der Waals surface area contributed by atoms with Crippen molar-refractivity contribution < 1.29 is 9.59 Å². The van der Waals surface area contributed by atoms with Crippen LogP contribution in [-0.4, -0.2) is 33.5 Å². The average Bonchev–Trinajstić information content (AvgIpc) is 2.80. The van der Waals surface area contributed by atoms with Gasteiger partial charge in [0.1, 0.15) is 0 Å². The van der Waals surface area contributed by atoms with Gasteiger partial charge in [-0.05, 0) is 60.7 Å². The molecule has 0 bridgehead atoms. The summed E-state index contributed by atoms with van der Waals surface area (Å²) in [4.78, 5) is 43.2. The Labute approximate surface area is 209 Å². The highest BCUT2D eigenvalue weighted by Crippen LogP contribution is 2.22. The van der Waals surface area contributed by atoms with E-state index in [2.05, 4.69) is 19.2 Å². The molecule has 3 aromatic rings. The monoisotopic (exact) mass is 499 g/mol. The minimum Gasteiger partial charge on any atom is -0.352 e. The van der Waals surface area contributed by atoms with Crippen LogP contribution in [0.15, 0.2) is 52.4 Å². The number of hydrogen-bond donors (Lipinski definition) is 1. The summed E-state index contributed by atoms with van der Waals surface area (Å²) >= 11 is 7.15. The van der Waals surface area contributed by atoms with Crippen molar-refractivity contribution in [3.63, 3.8) is 0 Å². The van der Waals surface area contributed by atoms with Crippen LogP contribution >= 0.6 is 23.4 Å². The molecule has 0 saturated heterocycles. The van der Waals surface area contributed by atoms with E-state index < -0.39 is 0 Å². The first-order valence-electron chi connectivity index (χ1n) is 11.4. The SMILES string of the molecule is CC(C)CCn1c(SCC(=O)c2ccc(Cl)cc2)nc2cc(C(=O)NCC(C)C)ccc2c1=O. The zero-order valence-corrected chi connectivity index (χ0v) is 21.5. The zero-order valence-electron chi connectivity index (χ0n) is 19.9. The van der Waals surface area contributed by atoms with Gasteiger partial charge in [-0.25, -0.2) is 4.98 Å². The number of ketones is 1. The number of carbonyl (C=O) groups excluding carboxylic acids is 2. The first-order valence-corrected chi connectivity index (χ1v) is 12.8. The predicted octanol–water partition coefficient (Wildman–Crippen LogP) is 5.46. The fourth-order valence-electron chi connectivity index (χ4n) is 3.28. The number of nitrogens with one attached hydrogen (secondary N) is 1. The largest absolute Gasteiger partial charge is 0.352 e. The standard InChI is InChI=1S/C26H30ClN3O3S/c1-16(2)11-12-30-25(33)21-10-7-19(24(32)28-14-17(3)4)13-22(21)29-26(30)34-15-23(31)18-5-8-20(27)9-6-18/h5-10,13,16-17H,11-12,14-15H2,1-4H3,(H,28,32). The van der Waals surface area contributed by atoms with Crippen molar-refractivity contribution in [2.45, 2.75) is 45.8 Å². The molecule has 0 spiro atoms. The molecular formula is C26H30ClN3O3S. The van der Waals surface area contributed by atoms with Crippen molar-refractivity contribution in [2.75, 3.05) is 12.3 Å². The molecular weight excluding hydrogens is 470 g/mol. The van der Waals surface area contributed by atoms with E-state index in [-0.39, 0.29) is 23.0 Å². The third-order valence-corrected chi connectivity index (χ3v) is 6.51. The van der Waals surface area contributed by atoms with Crippen LogP contribution in [0.4, 0.5) is 0 Å². The van der Waals surface area contributed by atoms with Crippen molar-refractivity contribution in [1.82, 2.24) is 14.9 Å². The summed E-state index contributed by atoms with van der Waals surface area (Å²) in [5, 5.41) is 4.38. The van der Waals surface area contributed by atoms with Gasteiger partial charge in [-0.1, -0.05) is 51.1 Å². The smallest absolute Gasteiger partial charge is 0.262 e. The maximum atomic E-state index is 13.3. The van der Waals surface area contributed by atoms with Crippen LogP contribution < -0.4 is 10.9 Å². The lowest BCUT2D eigenvalue weighted by molar-refractivity contribution is 0.0948. The van der Waals surface area contributed by atoms with E-state index in [0.717, 1.165) is 6.42 Å². The molecule has 3 rings (SSSR count). The molecule has 6 nitrogen and oxygen atoms in total. The van der Waals surface area contributed by atoms with E-state index in [9.17, 15) is 14.4 Å². The highest BCUT2D eigenvalue weighted by molar-refractivity contribution is 7.99. The lowest BCUT2D eigenvalue weighted by Gasteiger charge is -2.15. The van der Waals surface area contributed by atoms with E-state index in [1.165, 1.54) is 11.8 Å². The number of carbonyl (C=O) groups is 2. The lowest BCUT2D eigenvalue weighted by Crippen LogP contribution is -2.28. The molecule has 1 N–H and O–H groups in total. The van der Waals surface area contributed by atoms with Gasteiger partial charge in [0.2, 0.25) is 0 Å². The van der Waals surface area contributed by atoms with Crippen molar-refractivity contribution in [1.29, 1.82) is 0 Å². The fraction of sp³-hybridized carbons (Fsp3) is 0.385. The normalized spacial score (nSPS) is 11.4. The average molecular weight is 500 g/mol. The number of halogens is 1. The number of aromatic nitrogens is 2. The minimum atomic E-state index is -0.200. The summed E-state index contributed by atoms with van der Waals surface area (Å²) in [5.41, 5.74) is 1.29. The van der Waals surface area contributed by atoms with Gasteiger partial charge in [0.05, 0.1) is 16.7 Å². The number of benzene rings is 2. The molecule has 0 radical (unpaired) electrons. The Morgan fingerprint density at radius 3 is 2.35 bits per heavy atom. The number of amides is 1. The third-order valence-electron chi connectivity index (χ3n) is 5.28. The van der Waals surface area contributed by atoms with Crippen LogP contribution in [0, 0.1) is 11.8 Å². The van der Waals surface area contributed by atoms with Gasteiger partial charge in [0, 0.05) is 29.2 Å². The Bertz CT molecular complexity index is 1240. The number of hydrogen-bond acceptors (Lipinski definition) is 5. The maximum Gasteiger partial charge on any atom is 0.262 e. The van der Waals surface area contributed by atoms with Crippen LogP contribution in [-0.2, 0) is 6.54 Å². The van der Waals surface area contributed by atoms with Crippen LogP contribution in [0.2, 0.25) is 5.02 Å². The van der Waals surface area contributed by atoms with Gasteiger partial charge in [-0.15, -0.1) is 0 Å². The van der Waals surface area contributed by atoms with E-state index in [1.54, 1.807) is 47.0 Å². The molecule has 180 valence electrons. The Balaban J connectivity index is 1.94. The van der Waals surface area contributed by atoms with Crippen LogP contribution in [0.3, 0.4) is 0 Å². The van der Waals surface area contributed by atoms with Crippen LogP contribution in [0.25, 0.3) is 10.9 Å². The molecule has 1 heterocycles. The summed E-state index contributed by atoms with van der Waals surface area (Å²) in [6.45, 7) is 9.31. The Kier molecular flexibility index (Phi) is 8.91. The first-order chi connectivity index (χ1) is 16.2. The van der Waals surface area contributed by atoms with Crippen molar-refractivity contribution in [2.24, 2.45) is 11.8 Å². The lowest BCUT2D eigenvalue weighted by atomic mass is 10.1. The highest BCUT2D eigenvalue weighted by atomic mass is 35.5. The predicted molar refractivity (Wildman–Crippen MR) is 139 cm³/mol. The van der Waals surface area contributed by atoms with Gasteiger partial charge in [-0.2, -0.15) is 0 Å². The maximum absolute atomic E-state index is 13.3. The van der Waals surface area contributed by atoms with E-state index >= 15 is 0 Å². The number of Topliss-reactive ketones (excluding diaryl/α,β-unsaturated/α-hetero) is 1. The molecule has 0 unspecified atom stereocenters. The molecule has 34 heavy (non-hydrogen) atoms. The topological polar surface area (TPSA) is 81.1 Å². The summed E-state index contributed by atoms with van der Waals surface area (Å²) in [6, 6.07) is 11.7. The number of rotatable bonds is 10. The Morgan fingerprint density at radius 1 is 1.03 bits per heavy atom. The van der Waals surface area contributed by atoms with E-state index in [4.69, 9.17) is 16.6 Å².